The summed E-state index contributed by atoms with van der Waals surface area (Å²) in [5, 5.41) is 16.8. The van der Waals surface area contributed by atoms with Gasteiger partial charge in [-0.15, -0.1) is 0 Å². The molecule has 0 unspecified atom stereocenters. The number of aryl methyl sites for hydroxylation is 1. The predicted octanol–water partition coefficient (Wildman–Crippen LogP) is 2.76. The molecule has 0 fully saturated rings. The summed E-state index contributed by atoms with van der Waals surface area (Å²) in [5.74, 6) is 0.460. The monoisotopic (exact) mass is 387 g/mol. The maximum Gasteiger partial charge on any atom is 0.338 e. The molecule has 0 atom stereocenters. The highest BCUT2D eigenvalue weighted by Crippen LogP contribution is 2.26. The highest BCUT2D eigenvalue weighted by molar-refractivity contribution is 5.93. The minimum atomic E-state index is -0.224. The highest BCUT2D eigenvalue weighted by atomic mass is 16.5. The highest BCUT2D eigenvalue weighted by Gasteiger charge is 2.23. The summed E-state index contributed by atoms with van der Waals surface area (Å²) in [7, 11) is 0. The largest absolute Gasteiger partial charge is 0.457 e. The molecule has 3 heterocycles. The SMILES string of the molecule is Cc1nn(-c2ccc(CNCCc3ccc4c(c3C)COC4=O)cn2)cc1C#N. The summed E-state index contributed by atoms with van der Waals surface area (Å²) < 4.78 is 6.74. The number of rotatable bonds is 6. The van der Waals surface area contributed by atoms with Gasteiger partial charge in [0, 0.05) is 18.3 Å². The molecule has 2 aromatic heterocycles. The standard InChI is InChI=1S/C22H21N5O2/c1-14-17(4-5-19-20(14)13-29-22(19)28)7-8-24-10-16-3-6-21(25-11-16)27-12-18(9-23)15(2)26-27/h3-6,11-12,24H,7-8,10,13H2,1-2H3. The van der Waals surface area contributed by atoms with E-state index in [2.05, 4.69) is 21.5 Å². The van der Waals surface area contributed by atoms with Gasteiger partial charge in [-0.2, -0.15) is 10.4 Å². The van der Waals surface area contributed by atoms with Crippen molar-refractivity contribution in [3.05, 3.63) is 75.7 Å². The second-order valence-corrected chi connectivity index (χ2v) is 7.09. The second-order valence-electron chi connectivity index (χ2n) is 7.09. The molecular weight excluding hydrogens is 366 g/mol. The van der Waals surface area contributed by atoms with Crippen LogP contribution >= 0.6 is 0 Å². The molecule has 0 saturated heterocycles. The third-order valence-corrected chi connectivity index (χ3v) is 5.24. The maximum atomic E-state index is 11.6. The molecule has 3 aromatic rings. The Morgan fingerprint density at radius 1 is 1.28 bits per heavy atom. The maximum absolute atomic E-state index is 11.6. The van der Waals surface area contributed by atoms with E-state index >= 15 is 0 Å². The van der Waals surface area contributed by atoms with Crippen molar-refractivity contribution in [2.24, 2.45) is 0 Å². The Hall–Kier alpha value is -3.50. The number of nitrogens with one attached hydrogen (secondary N) is 1. The molecule has 1 N–H and O–H groups in total. The normalized spacial score (nSPS) is 12.5. The van der Waals surface area contributed by atoms with Crippen LogP contribution < -0.4 is 5.32 Å². The summed E-state index contributed by atoms with van der Waals surface area (Å²) >= 11 is 0. The van der Waals surface area contributed by atoms with Gasteiger partial charge >= 0.3 is 5.97 Å². The fourth-order valence-electron chi connectivity index (χ4n) is 3.47. The molecule has 0 saturated carbocycles. The van der Waals surface area contributed by atoms with Crippen molar-refractivity contribution >= 4 is 5.97 Å². The van der Waals surface area contributed by atoms with Crippen molar-refractivity contribution in [3.8, 4) is 11.9 Å². The van der Waals surface area contributed by atoms with Gasteiger partial charge in [-0.1, -0.05) is 12.1 Å². The number of carbonyl (C=O) groups is 1. The zero-order valence-electron chi connectivity index (χ0n) is 16.4. The fraction of sp³-hybridized carbons (Fsp3) is 0.273. The molecule has 7 nitrogen and oxygen atoms in total. The van der Waals surface area contributed by atoms with Crippen molar-refractivity contribution in [1.29, 1.82) is 5.26 Å². The number of esters is 1. The van der Waals surface area contributed by atoms with E-state index in [9.17, 15) is 4.79 Å². The van der Waals surface area contributed by atoms with Gasteiger partial charge in [0.15, 0.2) is 5.82 Å². The third kappa shape index (κ3) is 3.75. The lowest BCUT2D eigenvalue weighted by Gasteiger charge is -2.10. The van der Waals surface area contributed by atoms with Crippen LogP contribution in [0, 0.1) is 25.2 Å². The van der Waals surface area contributed by atoms with Gasteiger partial charge in [-0.3, -0.25) is 0 Å². The van der Waals surface area contributed by atoms with E-state index in [1.54, 1.807) is 17.8 Å². The van der Waals surface area contributed by atoms with Crippen molar-refractivity contribution < 1.29 is 9.53 Å². The molecule has 1 aliphatic rings. The number of fused-ring (bicyclic) bond motifs is 1. The van der Waals surface area contributed by atoms with E-state index in [0.29, 0.717) is 35.8 Å². The van der Waals surface area contributed by atoms with Crippen molar-refractivity contribution in [3.63, 3.8) is 0 Å². The number of nitrogens with zero attached hydrogens (tertiary/aromatic N) is 4. The lowest BCUT2D eigenvalue weighted by Crippen LogP contribution is -2.17. The topological polar surface area (TPSA) is 92.8 Å². The first-order valence-corrected chi connectivity index (χ1v) is 9.47. The molecule has 0 amide bonds. The van der Waals surface area contributed by atoms with Crippen molar-refractivity contribution in [2.75, 3.05) is 6.54 Å². The smallest absolute Gasteiger partial charge is 0.338 e. The second kappa shape index (κ2) is 7.86. The molecule has 146 valence electrons. The zero-order chi connectivity index (χ0) is 20.4. The molecule has 1 aliphatic heterocycles. The summed E-state index contributed by atoms with van der Waals surface area (Å²) in [6.45, 7) is 5.76. The molecule has 0 aliphatic carbocycles. The van der Waals surface area contributed by atoms with E-state index in [1.165, 1.54) is 5.56 Å². The Balaban J connectivity index is 1.32. The molecule has 7 heteroatoms. The van der Waals surface area contributed by atoms with Gasteiger partial charge < -0.3 is 10.1 Å². The molecule has 4 rings (SSSR count). The average molecular weight is 387 g/mol. The van der Waals surface area contributed by atoms with Crippen LogP contribution in [0.15, 0.2) is 36.7 Å². The number of cyclic esters (lactones) is 1. The minimum absolute atomic E-state index is 0.224. The van der Waals surface area contributed by atoms with Crippen LogP contribution in [0.1, 0.15) is 43.9 Å². The van der Waals surface area contributed by atoms with E-state index < -0.39 is 0 Å². The summed E-state index contributed by atoms with van der Waals surface area (Å²) in [6, 6.07) is 9.90. The number of hydrogen-bond acceptors (Lipinski definition) is 6. The van der Waals surface area contributed by atoms with Gasteiger partial charge in [0.25, 0.3) is 0 Å². The third-order valence-electron chi connectivity index (χ3n) is 5.24. The minimum Gasteiger partial charge on any atom is -0.457 e. The number of carbonyl (C=O) groups excluding carboxylic acids is 1. The fourth-order valence-corrected chi connectivity index (χ4v) is 3.47. The number of hydrogen-bond donors (Lipinski definition) is 1. The van der Waals surface area contributed by atoms with E-state index in [0.717, 1.165) is 29.7 Å². The van der Waals surface area contributed by atoms with Crippen LogP contribution in [0.25, 0.3) is 5.82 Å². The van der Waals surface area contributed by atoms with Crippen LogP contribution in [0.2, 0.25) is 0 Å². The Morgan fingerprint density at radius 3 is 2.86 bits per heavy atom. The van der Waals surface area contributed by atoms with E-state index in [-0.39, 0.29) is 5.97 Å². The van der Waals surface area contributed by atoms with E-state index in [4.69, 9.17) is 10.00 Å². The first-order valence-electron chi connectivity index (χ1n) is 9.47. The molecule has 0 spiro atoms. The van der Waals surface area contributed by atoms with Crippen LogP contribution in [0.3, 0.4) is 0 Å². The molecule has 0 bridgehead atoms. The molecular formula is C22H21N5O2. The first kappa shape index (κ1) is 18.8. The van der Waals surface area contributed by atoms with Crippen molar-refractivity contribution in [2.45, 2.75) is 33.4 Å². The summed E-state index contributed by atoms with van der Waals surface area (Å²) in [4.78, 5) is 16.1. The number of aromatic nitrogens is 3. The van der Waals surface area contributed by atoms with Gasteiger partial charge in [-0.25, -0.2) is 14.5 Å². The summed E-state index contributed by atoms with van der Waals surface area (Å²) in [5.41, 5.74) is 6.40. The van der Waals surface area contributed by atoms with Gasteiger partial charge in [0.2, 0.25) is 0 Å². The van der Waals surface area contributed by atoms with Gasteiger partial charge in [0.05, 0.1) is 23.0 Å². The molecule has 1 aromatic carbocycles. The Kier molecular flexibility index (Phi) is 5.10. The zero-order valence-corrected chi connectivity index (χ0v) is 16.4. The van der Waals surface area contributed by atoms with Gasteiger partial charge in [-0.05, 0) is 55.6 Å². The number of pyridine rings is 1. The van der Waals surface area contributed by atoms with Crippen LogP contribution in [-0.2, 0) is 24.3 Å². The Morgan fingerprint density at radius 2 is 2.14 bits per heavy atom. The molecule has 0 radical (unpaired) electrons. The average Bonchev–Trinajstić information content (AvgIpc) is 3.30. The lowest BCUT2D eigenvalue weighted by molar-refractivity contribution is 0.0535. The van der Waals surface area contributed by atoms with Crippen LogP contribution in [-0.4, -0.2) is 27.3 Å². The quantitative estimate of drug-likeness (QED) is 0.516. The number of nitriles is 1. The van der Waals surface area contributed by atoms with Crippen LogP contribution in [0.5, 0.6) is 0 Å². The van der Waals surface area contributed by atoms with Gasteiger partial charge in [0.1, 0.15) is 12.7 Å². The van der Waals surface area contributed by atoms with E-state index in [1.807, 2.05) is 37.4 Å². The van der Waals surface area contributed by atoms with Crippen molar-refractivity contribution in [1.82, 2.24) is 20.1 Å². The predicted molar refractivity (Wildman–Crippen MR) is 107 cm³/mol. The Bertz CT molecular complexity index is 1110. The first-order chi connectivity index (χ1) is 14.1. The van der Waals surface area contributed by atoms with Crippen LogP contribution in [0.4, 0.5) is 0 Å². The molecule has 29 heavy (non-hydrogen) atoms. The number of benzene rings is 1. The Labute approximate surface area is 169 Å². The lowest BCUT2D eigenvalue weighted by atomic mass is 9.97. The summed E-state index contributed by atoms with van der Waals surface area (Å²) in [6.07, 6.45) is 4.38. The number of ether oxygens (including phenoxy) is 1.